The van der Waals surface area contributed by atoms with E-state index in [1.165, 1.54) is 21.3 Å². The van der Waals surface area contributed by atoms with Gasteiger partial charge in [0.15, 0.2) is 23.0 Å². The molecule has 0 saturated carbocycles. The quantitative estimate of drug-likeness (QED) is 0.777. The van der Waals surface area contributed by atoms with E-state index in [1.807, 2.05) is 0 Å². The van der Waals surface area contributed by atoms with Crippen molar-refractivity contribution in [3.8, 4) is 17.2 Å². The summed E-state index contributed by atoms with van der Waals surface area (Å²) in [6.07, 6.45) is 0.385. The molecule has 1 heterocycles. The van der Waals surface area contributed by atoms with Crippen LogP contribution in [0.5, 0.6) is 17.2 Å². The highest BCUT2D eigenvalue weighted by atomic mass is 16.5. The summed E-state index contributed by atoms with van der Waals surface area (Å²) in [6.45, 7) is 1.79. The molecule has 0 amide bonds. The average molecular weight is 264 g/mol. The number of ketones is 1. The van der Waals surface area contributed by atoms with Crippen molar-refractivity contribution in [3.05, 3.63) is 17.9 Å². The van der Waals surface area contributed by atoms with Gasteiger partial charge in [0.2, 0.25) is 5.75 Å². The fourth-order valence-corrected chi connectivity index (χ4v) is 1.97. The zero-order valence-electron chi connectivity index (χ0n) is 11.4. The normalized spacial score (nSPS) is 10.5. The molecule has 102 valence electrons. The third-order valence-electron chi connectivity index (χ3n) is 2.92. The first-order chi connectivity index (χ1) is 9.15. The number of carbonyl (C=O) groups excluding carboxylic acids is 1. The van der Waals surface area contributed by atoms with Gasteiger partial charge in [-0.05, 0) is 6.07 Å². The Hall–Kier alpha value is -2.17. The van der Waals surface area contributed by atoms with Gasteiger partial charge in [-0.3, -0.25) is 4.79 Å². The predicted molar refractivity (Wildman–Crippen MR) is 70.5 cm³/mol. The highest BCUT2D eigenvalue weighted by Crippen LogP contribution is 2.44. The van der Waals surface area contributed by atoms with Crippen LogP contribution in [0, 0.1) is 0 Å². The topological polar surface area (TPSA) is 57.9 Å². The number of furan rings is 1. The van der Waals surface area contributed by atoms with Gasteiger partial charge in [0, 0.05) is 12.5 Å². The van der Waals surface area contributed by atoms with Crippen molar-refractivity contribution in [1.29, 1.82) is 0 Å². The van der Waals surface area contributed by atoms with E-state index in [1.54, 1.807) is 19.1 Å². The smallest absolute Gasteiger partial charge is 0.204 e. The number of methoxy groups -OCH3 is 3. The monoisotopic (exact) mass is 264 g/mol. The molecule has 0 radical (unpaired) electrons. The molecule has 1 aromatic carbocycles. The van der Waals surface area contributed by atoms with Crippen LogP contribution in [0.15, 0.2) is 16.5 Å². The summed E-state index contributed by atoms with van der Waals surface area (Å²) in [4.78, 5) is 11.7. The lowest BCUT2D eigenvalue weighted by Crippen LogP contribution is -1.94. The van der Waals surface area contributed by atoms with Gasteiger partial charge in [0.25, 0.3) is 0 Å². The van der Waals surface area contributed by atoms with Crippen LogP contribution in [0.4, 0.5) is 0 Å². The number of Topliss-reactive ketones (excluding diaryl/α,β-unsaturated/α-hetero) is 1. The molecule has 0 fully saturated rings. The summed E-state index contributed by atoms with van der Waals surface area (Å²) in [5.41, 5.74) is 0.534. The fourth-order valence-electron chi connectivity index (χ4n) is 1.97. The first kappa shape index (κ1) is 13.3. The molecule has 0 unspecified atom stereocenters. The number of hydrogen-bond donors (Lipinski definition) is 0. The van der Waals surface area contributed by atoms with Gasteiger partial charge < -0.3 is 18.6 Å². The van der Waals surface area contributed by atoms with E-state index < -0.39 is 0 Å². The Morgan fingerprint density at radius 3 is 2.32 bits per heavy atom. The van der Waals surface area contributed by atoms with E-state index in [4.69, 9.17) is 18.6 Å². The molecule has 19 heavy (non-hydrogen) atoms. The van der Waals surface area contributed by atoms with Crippen LogP contribution in [0.1, 0.15) is 23.9 Å². The number of rotatable bonds is 5. The molecule has 1 aromatic heterocycles. The number of carbonyl (C=O) groups is 1. The second kappa shape index (κ2) is 5.22. The molecule has 0 N–H and O–H groups in total. The van der Waals surface area contributed by atoms with Crippen molar-refractivity contribution in [2.45, 2.75) is 13.3 Å². The predicted octanol–water partition coefficient (Wildman–Crippen LogP) is 3.05. The van der Waals surface area contributed by atoms with Gasteiger partial charge in [0.1, 0.15) is 5.58 Å². The van der Waals surface area contributed by atoms with Gasteiger partial charge in [-0.1, -0.05) is 6.92 Å². The van der Waals surface area contributed by atoms with E-state index in [9.17, 15) is 4.79 Å². The van der Waals surface area contributed by atoms with Gasteiger partial charge in [0.05, 0.1) is 26.7 Å². The molecule has 0 aliphatic rings. The Balaban J connectivity index is 2.73. The zero-order valence-corrected chi connectivity index (χ0v) is 11.4. The van der Waals surface area contributed by atoms with E-state index in [0.717, 1.165) is 0 Å². The first-order valence-corrected chi connectivity index (χ1v) is 5.91. The molecule has 5 heteroatoms. The van der Waals surface area contributed by atoms with E-state index in [2.05, 4.69) is 0 Å². The van der Waals surface area contributed by atoms with Crippen LogP contribution in [-0.2, 0) is 0 Å². The van der Waals surface area contributed by atoms with Crippen LogP contribution in [0.3, 0.4) is 0 Å². The van der Waals surface area contributed by atoms with Gasteiger partial charge in [-0.25, -0.2) is 0 Å². The molecule has 0 spiro atoms. The van der Waals surface area contributed by atoms with Crippen LogP contribution in [0.2, 0.25) is 0 Å². The van der Waals surface area contributed by atoms with Crippen molar-refractivity contribution < 1.29 is 23.4 Å². The molecule has 0 aliphatic carbocycles. The van der Waals surface area contributed by atoms with Crippen molar-refractivity contribution >= 4 is 16.8 Å². The zero-order chi connectivity index (χ0) is 14.0. The summed E-state index contributed by atoms with van der Waals surface area (Å²) in [5, 5.41) is 0.692. The van der Waals surface area contributed by atoms with Crippen molar-refractivity contribution in [3.63, 3.8) is 0 Å². The third-order valence-corrected chi connectivity index (χ3v) is 2.92. The maximum atomic E-state index is 11.7. The summed E-state index contributed by atoms with van der Waals surface area (Å²) >= 11 is 0. The summed E-state index contributed by atoms with van der Waals surface area (Å²) in [6, 6.07) is 3.35. The molecule has 0 atom stereocenters. The summed E-state index contributed by atoms with van der Waals surface area (Å²) < 4.78 is 21.4. The Labute approximate surface area is 111 Å². The second-order valence-electron chi connectivity index (χ2n) is 3.94. The minimum atomic E-state index is -0.0591. The molecule has 0 aliphatic heterocycles. The molecule has 0 saturated heterocycles. The van der Waals surface area contributed by atoms with Crippen LogP contribution in [0.25, 0.3) is 11.0 Å². The van der Waals surface area contributed by atoms with Crippen molar-refractivity contribution in [1.82, 2.24) is 0 Å². The Kier molecular flexibility index (Phi) is 3.64. The van der Waals surface area contributed by atoms with Gasteiger partial charge >= 0.3 is 0 Å². The van der Waals surface area contributed by atoms with Gasteiger partial charge in [-0.2, -0.15) is 0 Å². The maximum absolute atomic E-state index is 11.7. The van der Waals surface area contributed by atoms with Crippen LogP contribution in [-0.4, -0.2) is 27.1 Å². The first-order valence-electron chi connectivity index (χ1n) is 5.91. The van der Waals surface area contributed by atoms with E-state index in [0.29, 0.717) is 40.4 Å². The third kappa shape index (κ3) is 2.12. The molecule has 5 nitrogen and oxygen atoms in total. The van der Waals surface area contributed by atoms with Gasteiger partial charge in [-0.15, -0.1) is 0 Å². The lowest BCUT2D eigenvalue weighted by atomic mass is 10.2. The molecule has 0 bridgehead atoms. The molecular weight excluding hydrogens is 248 g/mol. The standard InChI is InChI=1S/C14H16O5/c1-5-9(15)11-6-8-10(19-11)7-12(16-2)14(18-4)13(8)17-3/h6-7H,5H2,1-4H3. The molecule has 2 rings (SSSR count). The lowest BCUT2D eigenvalue weighted by Gasteiger charge is -2.11. The number of hydrogen-bond acceptors (Lipinski definition) is 5. The van der Waals surface area contributed by atoms with Crippen LogP contribution >= 0.6 is 0 Å². The number of fused-ring (bicyclic) bond motifs is 1. The Bertz CT molecular complexity index is 612. The Morgan fingerprint density at radius 1 is 1.11 bits per heavy atom. The molecule has 2 aromatic rings. The van der Waals surface area contributed by atoms with Crippen LogP contribution < -0.4 is 14.2 Å². The van der Waals surface area contributed by atoms with E-state index in [-0.39, 0.29) is 5.78 Å². The SMILES string of the molecule is CCC(=O)c1cc2c(OC)c(OC)c(OC)cc2o1. The Morgan fingerprint density at radius 2 is 1.79 bits per heavy atom. The van der Waals surface area contributed by atoms with Crippen molar-refractivity contribution in [2.75, 3.05) is 21.3 Å². The summed E-state index contributed by atoms with van der Waals surface area (Å²) in [5.74, 6) is 1.73. The minimum absolute atomic E-state index is 0.0591. The number of ether oxygens (including phenoxy) is 3. The largest absolute Gasteiger partial charge is 0.493 e. The highest BCUT2D eigenvalue weighted by molar-refractivity contribution is 6.00. The number of benzene rings is 1. The maximum Gasteiger partial charge on any atom is 0.204 e. The highest BCUT2D eigenvalue weighted by Gasteiger charge is 2.20. The molecular formula is C14H16O5. The second-order valence-corrected chi connectivity index (χ2v) is 3.94. The average Bonchev–Trinajstić information content (AvgIpc) is 2.87. The van der Waals surface area contributed by atoms with E-state index >= 15 is 0 Å². The van der Waals surface area contributed by atoms with Crippen molar-refractivity contribution in [2.24, 2.45) is 0 Å². The minimum Gasteiger partial charge on any atom is -0.493 e. The summed E-state index contributed by atoms with van der Waals surface area (Å²) in [7, 11) is 4.60. The fraction of sp³-hybridized carbons (Fsp3) is 0.357. The lowest BCUT2D eigenvalue weighted by molar-refractivity contribution is 0.0963.